The van der Waals surface area contributed by atoms with Crippen LogP contribution in [0.25, 0.3) is 0 Å². The molecule has 43 heavy (non-hydrogen) atoms. The number of ketones is 1. The summed E-state index contributed by atoms with van der Waals surface area (Å²) in [4.78, 5) is 29.7. The van der Waals surface area contributed by atoms with E-state index in [0.717, 1.165) is 33.9 Å². The third kappa shape index (κ3) is 6.11. The Labute approximate surface area is 252 Å². The van der Waals surface area contributed by atoms with Crippen LogP contribution in [-0.2, 0) is 16.1 Å². The van der Waals surface area contributed by atoms with Gasteiger partial charge in [-0.2, -0.15) is 0 Å². The number of carbonyl (C=O) groups is 2. The number of hydrogen-bond donors (Lipinski definition) is 2. The maximum atomic E-state index is 14.0. The molecule has 0 bridgehead atoms. The van der Waals surface area contributed by atoms with Crippen molar-refractivity contribution in [2.24, 2.45) is 5.41 Å². The Balaban J connectivity index is 1.62. The molecule has 9 heteroatoms. The molecule has 9 nitrogen and oxygen atoms in total. The molecule has 0 saturated heterocycles. The van der Waals surface area contributed by atoms with Gasteiger partial charge in [0.05, 0.1) is 52.4 Å². The van der Waals surface area contributed by atoms with Crippen LogP contribution < -0.4 is 34.5 Å². The molecule has 3 aromatic rings. The van der Waals surface area contributed by atoms with Crippen LogP contribution >= 0.6 is 0 Å². The topological polar surface area (TPSA) is 98.4 Å². The molecule has 1 aliphatic heterocycles. The van der Waals surface area contributed by atoms with Gasteiger partial charge in [-0.05, 0) is 59.4 Å². The van der Waals surface area contributed by atoms with Crippen molar-refractivity contribution in [3.05, 3.63) is 83.1 Å². The summed E-state index contributed by atoms with van der Waals surface area (Å²) in [7, 11) is 6.30. The van der Waals surface area contributed by atoms with Crippen molar-refractivity contribution in [3.8, 4) is 23.0 Å². The number of ether oxygens (including phenoxy) is 4. The Bertz CT molecular complexity index is 1520. The molecule has 2 aliphatic rings. The molecular formula is C34H39N3O6. The van der Waals surface area contributed by atoms with E-state index in [1.807, 2.05) is 65.6 Å². The second kappa shape index (κ2) is 12.3. The minimum atomic E-state index is -0.602. The Morgan fingerprint density at radius 2 is 1.60 bits per heavy atom. The van der Waals surface area contributed by atoms with Crippen LogP contribution in [0.3, 0.4) is 0 Å². The molecule has 0 aromatic heterocycles. The monoisotopic (exact) mass is 585 g/mol. The fourth-order valence-corrected chi connectivity index (χ4v) is 5.99. The van der Waals surface area contributed by atoms with E-state index < -0.39 is 6.04 Å². The van der Waals surface area contributed by atoms with Gasteiger partial charge < -0.3 is 34.5 Å². The maximum absolute atomic E-state index is 14.0. The van der Waals surface area contributed by atoms with E-state index in [2.05, 4.69) is 24.5 Å². The van der Waals surface area contributed by atoms with Gasteiger partial charge in [-0.25, -0.2) is 0 Å². The summed E-state index contributed by atoms with van der Waals surface area (Å²) in [6.45, 7) is 4.56. The van der Waals surface area contributed by atoms with E-state index in [1.54, 1.807) is 28.4 Å². The zero-order chi connectivity index (χ0) is 30.7. The molecular weight excluding hydrogens is 546 g/mol. The summed E-state index contributed by atoms with van der Waals surface area (Å²) in [5.41, 5.74) is 4.60. The Morgan fingerprint density at radius 1 is 0.930 bits per heavy atom. The third-order valence-corrected chi connectivity index (χ3v) is 7.97. The number of nitrogens with zero attached hydrogens (tertiary/aromatic N) is 1. The van der Waals surface area contributed by atoms with Crippen molar-refractivity contribution in [3.63, 3.8) is 0 Å². The largest absolute Gasteiger partial charge is 0.497 e. The molecule has 2 N–H and O–H groups in total. The van der Waals surface area contributed by atoms with Crippen LogP contribution in [0.1, 0.15) is 43.9 Å². The predicted octanol–water partition coefficient (Wildman–Crippen LogP) is 5.65. The lowest BCUT2D eigenvalue weighted by atomic mass is 9.73. The number of allylic oxidation sites excluding steroid dienone is 1. The van der Waals surface area contributed by atoms with Crippen LogP contribution in [0.4, 0.5) is 11.4 Å². The number of methoxy groups -OCH3 is 4. The molecule has 226 valence electrons. The SMILES string of the molecule is COc1ccc(CNC(=O)CN2c3ccccc3NC3=C(C(=O)CC(C)(C)C3)C2c2cc(OC)c(OC)c(OC)c2)cc1. The zero-order valence-electron chi connectivity index (χ0n) is 25.6. The second-order valence-corrected chi connectivity index (χ2v) is 11.6. The molecule has 0 spiro atoms. The zero-order valence-corrected chi connectivity index (χ0v) is 25.6. The molecule has 1 atom stereocenters. The standard InChI is InChI=1S/C34H39N3O6/c1-34(2)17-25-31(27(38)18-34)32(22-15-28(41-4)33(43-6)29(16-22)42-5)37(26-10-8-7-9-24(26)36-25)20-30(39)35-19-21-11-13-23(40-3)14-12-21/h7-16,32,36H,17-20H2,1-6H3,(H,35,39). The number of anilines is 2. The van der Waals surface area contributed by atoms with Gasteiger partial charge in [0.2, 0.25) is 11.7 Å². The number of fused-ring (bicyclic) bond motifs is 1. The first-order valence-corrected chi connectivity index (χ1v) is 14.3. The van der Waals surface area contributed by atoms with Gasteiger partial charge in [0.1, 0.15) is 5.75 Å². The highest BCUT2D eigenvalue weighted by Crippen LogP contribution is 2.50. The van der Waals surface area contributed by atoms with Crippen molar-refractivity contribution in [2.45, 2.75) is 39.3 Å². The number of rotatable bonds is 9. The first-order valence-electron chi connectivity index (χ1n) is 14.3. The molecule has 5 rings (SSSR count). The van der Waals surface area contributed by atoms with Gasteiger partial charge in [-0.15, -0.1) is 0 Å². The van der Waals surface area contributed by atoms with Gasteiger partial charge >= 0.3 is 0 Å². The average Bonchev–Trinajstić information content (AvgIpc) is 3.13. The Kier molecular flexibility index (Phi) is 8.52. The van der Waals surface area contributed by atoms with Crippen LogP contribution in [-0.4, -0.2) is 46.7 Å². The molecule has 1 aliphatic carbocycles. The third-order valence-electron chi connectivity index (χ3n) is 7.97. The van der Waals surface area contributed by atoms with Gasteiger partial charge in [0, 0.05) is 24.2 Å². The molecule has 1 amide bonds. The lowest BCUT2D eigenvalue weighted by Gasteiger charge is -2.38. The molecule has 0 radical (unpaired) electrons. The van der Waals surface area contributed by atoms with Crippen LogP contribution in [0.5, 0.6) is 23.0 Å². The average molecular weight is 586 g/mol. The summed E-state index contributed by atoms with van der Waals surface area (Å²) >= 11 is 0. The van der Waals surface area contributed by atoms with E-state index in [9.17, 15) is 9.59 Å². The quantitative estimate of drug-likeness (QED) is 0.332. The lowest BCUT2D eigenvalue weighted by Crippen LogP contribution is -2.42. The molecule has 3 aromatic carbocycles. The highest BCUT2D eigenvalue weighted by Gasteiger charge is 2.42. The van der Waals surface area contributed by atoms with Gasteiger partial charge in [0.25, 0.3) is 0 Å². The number of benzene rings is 3. The molecule has 0 fully saturated rings. The van der Waals surface area contributed by atoms with Crippen molar-refractivity contribution in [1.29, 1.82) is 0 Å². The highest BCUT2D eigenvalue weighted by atomic mass is 16.5. The normalized spacial score (nSPS) is 17.2. The first-order chi connectivity index (χ1) is 20.7. The van der Waals surface area contributed by atoms with Gasteiger partial charge in [0.15, 0.2) is 17.3 Å². The summed E-state index contributed by atoms with van der Waals surface area (Å²) in [5, 5.41) is 6.64. The summed E-state index contributed by atoms with van der Waals surface area (Å²) in [6.07, 6.45) is 1.07. The van der Waals surface area contributed by atoms with E-state index in [-0.39, 0.29) is 23.7 Å². The van der Waals surface area contributed by atoms with E-state index in [4.69, 9.17) is 18.9 Å². The van der Waals surface area contributed by atoms with Crippen molar-refractivity contribution in [1.82, 2.24) is 5.32 Å². The number of nitrogens with one attached hydrogen (secondary N) is 2. The fraction of sp³-hybridized carbons (Fsp3) is 0.353. The fourth-order valence-electron chi connectivity index (χ4n) is 5.99. The minimum absolute atomic E-state index is 0.00360. The van der Waals surface area contributed by atoms with Gasteiger partial charge in [-0.1, -0.05) is 38.1 Å². The van der Waals surface area contributed by atoms with Crippen LogP contribution in [0.2, 0.25) is 0 Å². The summed E-state index contributed by atoms with van der Waals surface area (Å²) < 4.78 is 22.2. The summed E-state index contributed by atoms with van der Waals surface area (Å²) in [5.74, 6) is 2.00. The number of amides is 1. The van der Waals surface area contributed by atoms with Crippen molar-refractivity contribution >= 4 is 23.1 Å². The number of carbonyl (C=O) groups excluding carboxylic acids is 2. The molecule has 1 heterocycles. The van der Waals surface area contributed by atoms with Gasteiger partial charge in [-0.3, -0.25) is 9.59 Å². The Hall–Kier alpha value is -4.66. The Morgan fingerprint density at radius 3 is 2.23 bits per heavy atom. The smallest absolute Gasteiger partial charge is 0.239 e. The first kappa shape index (κ1) is 29.8. The van der Waals surface area contributed by atoms with Crippen LogP contribution in [0.15, 0.2) is 71.9 Å². The highest BCUT2D eigenvalue weighted by molar-refractivity contribution is 6.02. The van der Waals surface area contributed by atoms with E-state index in [1.165, 1.54) is 0 Å². The number of hydrogen-bond acceptors (Lipinski definition) is 8. The second-order valence-electron chi connectivity index (χ2n) is 11.6. The van der Waals surface area contributed by atoms with Crippen LogP contribution in [0, 0.1) is 5.41 Å². The summed E-state index contributed by atoms with van der Waals surface area (Å²) in [6, 6.07) is 18.5. The molecule has 1 unspecified atom stereocenters. The maximum Gasteiger partial charge on any atom is 0.239 e. The number of para-hydroxylation sites is 2. The van der Waals surface area contributed by atoms with Crippen molar-refractivity contribution in [2.75, 3.05) is 45.2 Å². The van der Waals surface area contributed by atoms with Crippen molar-refractivity contribution < 1.29 is 28.5 Å². The molecule has 0 saturated carbocycles. The minimum Gasteiger partial charge on any atom is -0.497 e. The lowest BCUT2D eigenvalue weighted by molar-refractivity contribution is -0.120. The van der Waals surface area contributed by atoms with E-state index >= 15 is 0 Å². The van der Waals surface area contributed by atoms with E-state index in [0.29, 0.717) is 42.2 Å². The number of Topliss-reactive ketones (excluding diaryl/α,β-unsaturated/α-hetero) is 1. The predicted molar refractivity (Wildman–Crippen MR) is 166 cm³/mol.